The van der Waals surface area contributed by atoms with E-state index in [0.717, 1.165) is 37.3 Å². The van der Waals surface area contributed by atoms with Crippen molar-refractivity contribution in [2.24, 2.45) is 11.7 Å². The molecule has 0 spiro atoms. The number of nitrogens with zero attached hydrogens (tertiary/aromatic N) is 2. The van der Waals surface area contributed by atoms with Crippen molar-refractivity contribution in [2.75, 3.05) is 24.5 Å². The van der Waals surface area contributed by atoms with E-state index in [0.29, 0.717) is 5.92 Å². The van der Waals surface area contributed by atoms with Crippen molar-refractivity contribution in [3.63, 3.8) is 0 Å². The van der Waals surface area contributed by atoms with Gasteiger partial charge in [-0.3, -0.25) is 0 Å². The van der Waals surface area contributed by atoms with Gasteiger partial charge in [-0.1, -0.05) is 12.1 Å². The van der Waals surface area contributed by atoms with Crippen LogP contribution in [-0.2, 0) is 0 Å². The zero-order chi connectivity index (χ0) is 12.1. The minimum absolute atomic E-state index is 0.681. The van der Waals surface area contributed by atoms with Gasteiger partial charge in [-0.15, -0.1) is 0 Å². The zero-order valence-corrected chi connectivity index (χ0v) is 10.1. The molecule has 2 N–H and O–H groups in total. The van der Waals surface area contributed by atoms with Crippen LogP contribution in [0.1, 0.15) is 24.8 Å². The van der Waals surface area contributed by atoms with Crippen molar-refractivity contribution in [1.82, 2.24) is 0 Å². The van der Waals surface area contributed by atoms with Crippen LogP contribution >= 0.6 is 0 Å². The van der Waals surface area contributed by atoms with Gasteiger partial charge in [0.1, 0.15) is 6.07 Å². The largest absolute Gasteiger partial charge is 0.370 e. The normalized spacial score (nSPS) is 20.0. The third kappa shape index (κ3) is 2.78. The lowest BCUT2D eigenvalue weighted by Gasteiger charge is -2.34. The van der Waals surface area contributed by atoms with Crippen LogP contribution in [0.2, 0.25) is 0 Å². The molecule has 1 heterocycles. The summed E-state index contributed by atoms with van der Waals surface area (Å²) in [6.45, 7) is 2.86. The molecule has 0 saturated carbocycles. The Morgan fingerprint density at radius 1 is 1.41 bits per heavy atom. The van der Waals surface area contributed by atoms with Crippen molar-refractivity contribution in [2.45, 2.75) is 19.3 Å². The summed E-state index contributed by atoms with van der Waals surface area (Å²) in [6.07, 6.45) is 3.55. The predicted octanol–water partition coefficient (Wildman–Crippen LogP) is 2.12. The molecule has 1 atom stereocenters. The second-order valence-corrected chi connectivity index (χ2v) is 4.66. The molecule has 0 aliphatic carbocycles. The highest BCUT2D eigenvalue weighted by atomic mass is 15.1. The quantitative estimate of drug-likeness (QED) is 0.863. The lowest BCUT2D eigenvalue weighted by molar-refractivity contribution is 0.396. The fourth-order valence-electron chi connectivity index (χ4n) is 2.60. The molecule has 1 saturated heterocycles. The van der Waals surface area contributed by atoms with Gasteiger partial charge in [0.25, 0.3) is 0 Å². The molecule has 1 aliphatic heterocycles. The minimum Gasteiger partial charge on any atom is -0.370 e. The fraction of sp³-hybridized carbons (Fsp3) is 0.500. The van der Waals surface area contributed by atoms with Crippen LogP contribution < -0.4 is 10.6 Å². The summed E-state index contributed by atoms with van der Waals surface area (Å²) in [7, 11) is 0. The van der Waals surface area contributed by atoms with Crippen LogP contribution in [0.4, 0.5) is 5.69 Å². The third-order valence-electron chi connectivity index (χ3n) is 3.46. The van der Waals surface area contributed by atoms with E-state index in [2.05, 4.69) is 11.0 Å². The molecular weight excluding hydrogens is 210 g/mol. The lowest BCUT2D eigenvalue weighted by atomic mass is 9.94. The average Bonchev–Trinajstić information content (AvgIpc) is 2.39. The van der Waals surface area contributed by atoms with E-state index in [-0.39, 0.29) is 0 Å². The molecule has 3 nitrogen and oxygen atoms in total. The number of hydrogen-bond donors (Lipinski definition) is 1. The third-order valence-corrected chi connectivity index (χ3v) is 3.46. The summed E-state index contributed by atoms with van der Waals surface area (Å²) < 4.78 is 0. The Balaban J connectivity index is 2.14. The maximum Gasteiger partial charge on any atom is 0.101 e. The molecule has 0 bridgehead atoms. The van der Waals surface area contributed by atoms with Crippen LogP contribution in [-0.4, -0.2) is 19.6 Å². The number of nitriles is 1. The van der Waals surface area contributed by atoms with Crippen molar-refractivity contribution >= 4 is 5.69 Å². The highest BCUT2D eigenvalue weighted by Crippen LogP contribution is 2.26. The van der Waals surface area contributed by atoms with Crippen molar-refractivity contribution < 1.29 is 0 Å². The molecule has 90 valence electrons. The summed E-state index contributed by atoms with van der Waals surface area (Å²) in [5.74, 6) is 0.681. The summed E-state index contributed by atoms with van der Waals surface area (Å²) in [5, 5.41) is 9.12. The smallest absolute Gasteiger partial charge is 0.101 e. The first-order valence-corrected chi connectivity index (χ1v) is 6.29. The number of hydrogen-bond acceptors (Lipinski definition) is 3. The van der Waals surface area contributed by atoms with Gasteiger partial charge in [0, 0.05) is 13.1 Å². The van der Waals surface area contributed by atoms with Crippen LogP contribution in [0.5, 0.6) is 0 Å². The number of benzene rings is 1. The molecule has 0 aromatic heterocycles. The highest BCUT2D eigenvalue weighted by molar-refractivity contribution is 5.59. The minimum atomic E-state index is 0.681. The first-order chi connectivity index (χ1) is 8.35. The maximum atomic E-state index is 9.12. The molecular formula is C14H19N3. The van der Waals surface area contributed by atoms with Gasteiger partial charge in [0.2, 0.25) is 0 Å². The SMILES string of the molecule is N#Cc1ccccc1N1CCCC(CCN)C1. The van der Waals surface area contributed by atoms with E-state index in [4.69, 9.17) is 11.0 Å². The summed E-state index contributed by atoms with van der Waals surface area (Å²) in [4.78, 5) is 2.34. The van der Waals surface area contributed by atoms with E-state index in [1.54, 1.807) is 0 Å². The zero-order valence-electron chi connectivity index (χ0n) is 10.1. The van der Waals surface area contributed by atoms with Gasteiger partial charge < -0.3 is 10.6 Å². The predicted molar refractivity (Wildman–Crippen MR) is 69.8 cm³/mol. The number of nitrogens with two attached hydrogens (primary N) is 1. The van der Waals surface area contributed by atoms with E-state index < -0.39 is 0 Å². The molecule has 17 heavy (non-hydrogen) atoms. The number of para-hydroxylation sites is 1. The Kier molecular flexibility index (Phi) is 4.00. The van der Waals surface area contributed by atoms with Gasteiger partial charge in [-0.25, -0.2) is 0 Å². The maximum absolute atomic E-state index is 9.12. The monoisotopic (exact) mass is 229 g/mol. The van der Waals surface area contributed by atoms with E-state index >= 15 is 0 Å². The molecule has 3 heteroatoms. The Morgan fingerprint density at radius 2 is 2.24 bits per heavy atom. The topological polar surface area (TPSA) is 53.0 Å². The Labute approximate surface area is 103 Å². The van der Waals surface area contributed by atoms with Gasteiger partial charge in [0.15, 0.2) is 0 Å². The summed E-state index contributed by atoms with van der Waals surface area (Å²) in [5.41, 5.74) is 7.49. The van der Waals surface area contributed by atoms with Crippen molar-refractivity contribution in [3.8, 4) is 6.07 Å². The number of rotatable bonds is 3. The molecule has 0 amide bonds. The van der Waals surface area contributed by atoms with Gasteiger partial charge >= 0.3 is 0 Å². The summed E-state index contributed by atoms with van der Waals surface area (Å²) >= 11 is 0. The highest BCUT2D eigenvalue weighted by Gasteiger charge is 2.20. The average molecular weight is 229 g/mol. The number of anilines is 1. The van der Waals surface area contributed by atoms with Crippen LogP contribution in [0.25, 0.3) is 0 Å². The van der Waals surface area contributed by atoms with Gasteiger partial charge in [-0.05, 0) is 43.9 Å². The van der Waals surface area contributed by atoms with Crippen LogP contribution in [0, 0.1) is 17.2 Å². The van der Waals surface area contributed by atoms with E-state index in [1.165, 1.54) is 12.8 Å². The van der Waals surface area contributed by atoms with Crippen LogP contribution in [0.3, 0.4) is 0 Å². The second kappa shape index (κ2) is 5.70. The fourth-order valence-corrected chi connectivity index (χ4v) is 2.60. The molecule has 1 aliphatic rings. The van der Waals surface area contributed by atoms with Gasteiger partial charge in [0.05, 0.1) is 11.3 Å². The first kappa shape index (κ1) is 11.9. The molecule has 0 radical (unpaired) electrons. The standard InChI is InChI=1S/C14H19N3/c15-8-7-12-4-3-9-17(11-12)14-6-2-1-5-13(14)10-16/h1-2,5-6,12H,3-4,7-9,11,15H2. The Morgan fingerprint density at radius 3 is 3.00 bits per heavy atom. The van der Waals surface area contributed by atoms with Crippen molar-refractivity contribution in [3.05, 3.63) is 29.8 Å². The lowest BCUT2D eigenvalue weighted by Crippen LogP contribution is -2.36. The molecule has 1 unspecified atom stereocenters. The molecule has 1 fully saturated rings. The Hall–Kier alpha value is -1.53. The second-order valence-electron chi connectivity index (χ2n) is 4.66. The first-order valence-electron chi connectivity index (χ1n) is 6.29. The van der Waals surface area contributed by atoms with E-state index in [1.807, 2.05) is 24.3 Å². The molecule has 1 aromatic carbocycles. The molecule has 2 rings (SSSR count). The van der Waals surface area contributed by atoms with E-state index in [9.17, 15) is 0 Å². The van der Waals surface area contributed by atoms with Crippen LogP contribution in [0.15, 0.2) is 24.3 Å². The van der Waals surface area contributed by atoms with Crippen molar-refractivity contribution in [1.29, 1.82) is 5.26 Å². The van der Waals surface area contributed by atoms with Gasteiger partial charge in [-0.2, -0.15) is 5.26 Å². The Bertz CT molecular complexity index is 406. The number of piperidine rings is 1. The molecule has 1 aromatic rings. The summed E-state index contributed by atoms with van der Waals surface area (Å²) in [6, 6.07) is 10.1.